The predicted octanol–water partition coefficient (Wildman–Crippen LogP) is 10.8. The van der Waals surface area contributed by atoms with E-state index in [0.717, 1.165) is 71.2 Å². The van der Waals surface area contributed by atoms with Crippen LogP contribution in [0, 0.1) is 0 Å². The lowest BCUT2D eigenvalue weighted by molar-refractivity contribution is 1.08. The zero-order valence-corrected chi connectivity index (χ0v) is 26.3. The molecule has 5 nitrogen and oxygen atoms in total. The van der Waals surface area contributed by atoms with Crippen molar-refractivity contribution >= 4 is 54.3 Å². The van der Waals surface area contributed by atoms with Crippen LogP contribution in [0.5, 0.6) is 0 Å². The Labute approximate surface area is 281 Å². The number of rotatable bonds is 4. The number of benzene rings is 7. The third kappa shape index (κ3) is 4.40. The SMILES string of the molecule is c1ccc(-c2nc(-c3ccc4c(c3)c3ccccc3n4-c3ccccc3)nc(-c3cc4ccccc4c4c3ncc3ccccc34)n2)cc1. The van der Waals surface area contributed by atoms with Gasteiger partial charge in [-0.05, 0) is 58.6 Å². The highest BCUT2D eigenvalue weighted by atomic mass is 15.0. The molecule has 0 saturated carbocycles. The van der Waals surface area contributed by atoms with Gasteiger partial charge >= 0.3 is 0 Å². The lowest BCUT2D eigenvalue weighted by atomic mass is 9.96. The molecule has 0 aliphatic heterocycles. The molecule has 0 aliphatic carbocycles. The summed E-state index contributed by atoms with van der Waals surface area (Å²) < 4.78 is 2.32. The molecule has 0 saturated heterocycles. The maximum Gasteiger partial charge on any atom is 0.166 e. The summed E-state index contributed by atoms with van der Waals surface area (Å²) >= 11 is 0. The predicted molar refractivity (Wildman–Crippen MR) is 201 cm³/mol. The largest absolute Gasteiger partial charge is 0.309 e. The van der Waals surface area contributed by atoms with Crippen LogP contribution in [0.3, 0.4) is 0 Å². The molecule has 0 atom stereocenters. The number of para-hydroxylation sites is 2. The molecule has 10 rings (SSSR count). The lowest BCUT2D eigenvalue weighted by Gasteiger charge is -2.13. The van der Waals surface area contributed by atoms with Crippen molar-refractivity contribution in [3.63, 3.8) is 0 Å². The van der Waals surface area contributed by atoms with Crippen molar-refractivity contribution < 1.29 is 0 Å². The summed E-state index contributed by atoms with van der Waals surface area (Å²) in [6, 6.07) is 54.8. The van der Waals surface area contributed by atoms with E-state index >= 15 is 0 Å². The van der Waals surface area contributed by atoms with Crippen LogP contribution in [0.15, 0.2) is 164 Å². The van der Waals surface area contributed by atoms with Crippen molar-refractivity contribution in [3.05, 3.63) is 164 Å². The van der Waals surface area contributed by atoms with Crippen molar-refractivity contribution in [1.29, 1.82) is 0 Å². The normalized spacial score (nSPS) is 11.7. The molecule has 0 bridgehead atoms. The molecule has 0 unspecified atom stereocenters. The minimum Gasteiger partial charge on any atom is -0.309 e. The van der Waals surface area contributed by atoms with E-state index in [-0.39, 0.29) is 0 Å². The molecule has 3 heterocycles. The first-order chi connectivity index (χ1) is 24.3. The molecular formula is C44H27N5. The Kier molecular flexibility index (Phi) is 6.11. The molecule has 5 heteroatoms. The average Bonchev–Trinajstić information content (AvgIpc) is 3.51. The first kappa shape index (κ1) is 27.4. The van der Waals surface area contributed by atoms with Crippen LogP contribution in [0.2, 0.25) is 0 Å². The van der Waals surface area contributed by atoms with Crippen LogP contribution in [0.4, 0.5) is 0 Å². The number of fused-ring (bicyclic) bond motifs is 8. The number of nitrogens with zero attached hydrogens (tertiary/aromatic N) is 5. The zero-order chi connectivity index (χ0) is 32.3. The van der Waals surface area contributed by atoms with Crippen LogP contribution in [-0.2, 0) is 0 Å². The van der Waals surface area contributed by atoms with Gasteiger partial charge < -0.3 is 4.57 Å². The first-order valence-corrected chi connectivity index (χ1v) is 16.4. The van der Waals surface area contributed by atoms with Crippen molar-refractivity contribution in [2.24, 2.45) is 0 Å². The summed E-state index contributed by atoms with van der Waals surface area (Å²) in [5, 5.41) is 7.95. The number of hydrogen-bond acceptors (Lipinski definition) is 4. The van der Waals surface area contributed by atoms with Crippen LogP contribution >= 0.6 is 0 Å². The first-order valence-electron chi connectivity index (χ1n) is 16.4. The molecule has 7 aromatic carbocycles. The van der Waals surface area contributed by atoms with E-state index in [9.17, 15) is 0 Å². The molecule has 10 aromatic rings. The van der Waals surface area contributed by atoms with Gasteiger partial charge in [0.15, 0.2) is 17.5 Å². The Morgan fingerprint density at radius 3 is 1.80 bits per heavy atom. The van der Waals surface area contributed by atoms with E-state index in [2.05, 4.69) is 132 Å². The van der Waals surface area contributed by atoms with Gasteiger partial charge in [-0.2, -0.15) is 0 Å². The van der Waals surface area contributed by atoms with E-state index in [1.54, 1.807) is 0 Å². The van der Waals surface area contributed by atoms with E-state index < -0.39 is 0 Å². The fraction of sp³-hybridized carbons (Fsp3) is 0. The van der Waals surface area contributed by atoms with Crippen LogP contribution in [-0.4, -0.2) is 24.5 Å². The van der Waals surface area contributed by atoms with Gasteiger partial charge in [0.25, 0.3) is 0 Å². The maximum atomic E-state index is 5.22. The highest BCUT2D eigenvalue weighted by molar-refractivity contribution is 6.22. The highest BCUT2D eigenvalue weighted by Gasteiger charge is 2.19. The Hall–Kier alpha value is -6.72. The van der Waals surface area contributed by atoms with Crippen LogP contribution < -0.4 is 0 Å². The Balaban J connectivity index is 1.25. The fourth-order valence-electron chi connectivity index (χ4n) is 7.19. The Bertz CT molecular complexity index is 2860. The van der Waals surface area contributed by atoms with Gasteiger partial charge in [-0.25, -0.2) is 15.0 Å². The van der Waals surface area contributed by atoms with Gasteiger partial charge in [0.1, 0.15) is 0 Å². The molecule has 0 radical (unpaired) electrons. The monoisotopic (exact) mass is 625 g/mol. The molecule has 0 aliphatic rings. The molecule has 0 amide bonds. The molecule has 0 spiro atoms. The average molecular weight is 626 g/mol. The summed E-state index contributed by atoms with van der Waals surface area (Å²) in [5.41, 5.74) is 7.01. The lowest BCUT2D eigenvalue weighted by Crippen LogP contribution is -2.01. The van der Waals surface area contributed by atoms with E-state index in [0.29, 0.717) is 17.5 Å². The summed E-state index contributed by atoms with van der Waals surface area (Å²) in [7, 11) is 0. The third-order valence-electron chi connectivity index (χ3n) is 9.44. The van der Waals surface area contributed by atoms with Crippen LogP contribution in [0.25, 0.3) is 94.1 Å². The second-order valence-corrected chi connectivity index (χ2v) is 12.3. The Morgan fingerprint density at radius 2 is 1.00 bits per heavy atom. The standard InChI is InChI=1S/C44H27N5/c1-3-13-28(14-4-1)42-46-43(30-23-24-39-36(26-30)35-21-11-12-22-38(35)49(39)32-17-5-2-6-18-32)48-44(47-42)37-25-29-15-7-9-19-33(29)40-34-20-10-8-16-31(34)27-45-41(37)40/h1-27H. The third-order valence-corrected chi connectivity index (χ3v) is 9.44. The number of pyridine rings is 1. The zero-order valence-electron chi connectivity index (χ0n) is 26.3. The number of hydrogen-bond donors (Lipinski definition) is 0. The molecule has 0 N–H and O–H groups in total. The summed E-state index contributed by atoms with van der Waals surface area (Å²) in [5.74, 6) is 1.83. The summed E-state index contributed by atoms with van der Waals surface area (Å²) in [6.07, 6.45) is 1.95. The van der Waals surface area contributed by atoms with Gasteiger partial charge in [0.2, 0.25) is 0 Å². The van der Waals surface area contributed by atoms with Gasteiger partial charge in [0.05, 0.1) is 16.6 Å². The van der Waals surface area contributed by atoms with Gasteiger partial charge in [-0.1, -0.05) is 115 Å². The van der Waals surface area contributed by atoms with E-state index in [1.165, 1.54) is 5.39 Å². The van der Waals surface area contributed by atoms with E-state index in [1.807, 2.05) is 36.5 Å². The van der Waals surface area contributed by atoms with Crippen LogP contribution in [0.1, 0.15) is 0 Å². The van der Waals surface area contributed by atoms with E-state index in [4.69, 9.17) is 19.9 Å². The molecule has 228 valence electrons. The minimum absolute atomic E-state index is 0.592. The van der Waals surface area contributed by atoms with Gasteiger partial charge in [0, 0.05) is 50.1 Å². The molecule has 49 heavy (non-hydrogen) atoms. The van der Waals surface area contributed by atoms with Crippen molar-refractivity contribution in [2.45, 2.75) is 0 Å². The second-order valence-electron chi connectivity index (χ2n) is 12.3. The highest BCUT2D eigenvalue weighted by Crippen LogP contribution is 2.38. The molecule has 3 aromatic heterocycles. The van der Waals surface area contributed by atoms with Crippen molar-refractivity contribution in [2.75, 3.05) is 0 Å². The van der Waals surface area contributed by atoms with Gasteiger partial charge in [-0.3, -0.25) is 4.98 Å². The smallest absolute Gasteiger partial charge is 0.166 e. The topological polar surface area (TPSA) is 56.5 Å². The number of aromatic nitrogens is 5. The molecular weight excluding hydrogens is 599 g/mol. The minimum atomic E-state index is 0.592. The second kappa shape index (κ2) is 10.9. The summed E-state index contributed by atoms with van der Waals surface area (Å²) in [4.78, 5) is 20.5. The molecule has 0 fully saturated rings. The van der Waals surface area contributed by atoms with Crippen molar-refractivity contribution in [3.8, 4) is 39.9 Å². The quantitative estimate of drug-likeness (QED) is 0.183. The fourth-order valence-corrected chi connectivity index (χ4v) is 7.19. The summed E-state index contributed by atoms with van der Waals surface area (Å²) in [6.45, 7) is 0. The van der Waals surface area contributed by atoms with Crippen molar-refractivity contribution in [1.82, 2.24) is 24.5 Å². The van der Waals surface area contributed by atoms with Gasteiger partial charge in [-0.15, -0.1) is 0 Å². The maximum absolute atomic E-state index is 5.22. The Morgan fingerprint density at radius 1 is 0.408 bits per heavy atom.